The van der Waals surface area contributed by atoms with Crippen LogP contribution in [0, 0.1) is 11.3 Å². The number of nitriles is 1. The predicted molar refractivity (Wildman–Crippen MR) is 120 cm³/mol. The van der Waals surface area contributed by atoms with Gasteiger partial charge in [-0.25, -0.2) is 0 Å². The summed E-state index contributed by atoms with van der Waals surface area (Å²) in [5, 5.41) is 14.6. The molecule has 0 radical (unpaired) electrons. The number of amides is 3. The number of hydrogen-bond donors (Lipinski definition) is 2. The van der Waals surface area contributed by atoms with Gasteiger partial charge in [0.1, 0.15) is 5.75 Å². The smallest absolute Gasteiger partial charge is 0.257 e. The van der Waals surface area contributed by atoms with E-state index in [1.165, 1.54) is 31.3 Å². The first-order valence-corrected chi connectivity index (χ1v) is 10.6. The summed E-state index contributed by atoms with van der Waals surface area (Å²) in [7, 11) is 1.49. The molecule has 0 unspecified atom stereocenters. The SMILES string of the molecule is CNC(=O)COc1cc(C#N)ccc1CNC(=O)c1cc(Cl)cc(C(=O)N2CCOCC2)c1. The van der Waals surface area contributed by atoms with Crippen molar-refractivity contribution in [2.24, 2.45) is 0 Å². The molecule has 1 saturated heterocycles. The molecular weight excluding hydrogens is 448 g/mol. The average molecular weight is 471 g/mol. The van der Waals surface area contributed by atoms with E-state index in [1.807, 2.05) is 6.07 Å². The lowest BCUT2D eigenvalue weighted by atomic mass is 10.1. The summed E-state index contributed by atoms with van der Waals surface area (Å²) in [4.78, 5) is 38.7. The molecule has 0 aliphatic carbocycles. The van der Waals surface area contributed by atoms with Gasteiger partial charge in [-0.2, -0.15) is 5.26 Å². The number of rotatable bonds is 7. The Labute approximate surface area is 196 Å². The highest BCUT2D eigenvalue weighted by Crippen LogP contribution is 2.21. The molecule has 2 N–H and O–H groups in total. The highest BCUT2D eigenvalue weighted by molar-refractivity contribution is 6.31. The molecule has 0 aromatic heterocycles. The largest absolute Gasteiger partial charge is 0.483 e. The normalized spacial score (nSPS) is 13.1. The molecule has 10 heteroatoms. The third-order valence-electron chi connectivity index (χ3n) is 4.98. The summed E-state index contributed by atoms with van der Waals surface area (Å²) in [5.41, 5.74) is 1.50. The van der Waals surface area contributed by atoms with E-state index in [1.54, 1.807) is 17.0 Å². The van der Waals surface area contributed by atoms with Crippen molar-refractivity contribution in [3.8, 4) is 11.8 Å². The molecule has 2 aromatic rings. The van der Waals surface area contributed by atoms with Crippen molar-refractivity contribution in [3.63, 3.8) is 0 Å². The number of carbonyl (C=O) groups is 3. The number of carbonyl (C=O) groups excluding carboxylic acids is 3. The van der Waals surface area contributed by atoms with Crippen molar-refractivity contribution in [1.29, 1.82) is 5.26 Å². The van der Waals surface area contributed by atoms with Gasteiger partial charge in [0.05, 0.1) is 24.8 Å². The highest BCUT2D eigenvalue weighted by Gasteiger charge is 2.20. The summed E-state index contributed by atoms with van der Waals surface area (Å²) in [6, 6.07) is 11.3. The zero-order chi connectivity index (χ0) is 23.8. The maximum absolute atomic E-state index is 12.8. The molecule has 0 saturated carbocycles. The fraction of sp³-hybridized carbons (Fsp3) is 0.304. The lowest BCUT2D eigenvalue weighted by Crippen LogP contribution is -2.40. The zero-order valence-corrected chi connectivity index (χ0v) is 18.8. The molecule has 2 aromatic carbocycles. The third-order valence-corrected chi connectivity index (χ3v) is 5.20. The second-order valence-corrected chi connectivity index (χ2v) is 7.65. The summed E-state index contributed by atoms with van der Waals surface area (Å²) < 4.78 is 10.8. The van der Waals surface area contributed by atoms with E-state index in [9.17, 15) is 14.4 Å². The Bertz CT molecular complexity index is 1090. The summed E-state index contributed by atoms with van der Waals surface area (Å²) in [6.07, 6.45) is 0. The first kappa shape index (κ1) is 24.0. The number of nitrogens with one attached hydrogen (secondary N) is 2. The zero-order valence-electron chi connectivity index (χ0n) is 18.0. The molecule has 9 nitrogen and oxygen atoms in total. The van der Waals surface area contributed by atoms with Crippen LogP contribution in [-0.2, 0) is 16.1 Å². The van der Waals surface area contributed by atoms with Crippen molar-refractivity contribution >= 4 is 29.3 Å². The number of ether oxygens (including phenoxy) is 2. The van der Waals surface area contributed by atoms with Gasteiger partial charge >= 0.3 is 0 Å². The minimum atomic E-state index is -0.435. The van der Waals surface area contributed by atoms with Crippen molar-refractivity contribution < 1.29 is 23.9 Å². The van der Waals surface area contributed by atoms with E-state index in [-0.39, 0.29) is 35.6 Å². The van der Waals surface area contributed by atoms with Crippen LogP contribution >= 0.6 is 11.6 Å². The number of morpholine rings is 1. The number of nitrogens with zero attached hydrogens (tertiary/aromatic N) is 2. The van der Waals surface area contributed by atoms with E-state index >= 15 is 0 Å². The Kier molecular flexibility index (Phi) is 8.24. The predicted octanol–water partition coefficient (Wildman–Crippen LogP) is 1.74. The Morgan fingerprint density at radius 3 is 2.58 bits per heavy atom. The Morgan fingerprint density at radius 2 is 1.88 bits per heavy atom. The van der Waals surface area contributed by atoms with Crippen LogP contribution < -0.4 is 15.4 Å². The highest BCUT2D eigenvalue weighted by atomic mass is 35.5. The van der Waals surface area contributed by atoms with Crippen LogP contribution in [0.25, 0.3) is 0 Å². The van der Waals surface area contributed by atoms with E-state index < -0.39 is 5.91 Å². The molecular formula is C23H23ClN4O5. The third kappa shape index (κ3) is 6.44. The van der Waals surface area contributed by atoms with E-state index in [4.69, 9.17) is 26.3 Å². The summed E-state index contributed by atoms with van der Waals surface area (Å²) in [5.74, 6) is -0.669. The quantitative estimate of drug-likeness (QED) is 0.635. The van der Waals surface area contributed by atoms with Gasteiger partial charge in [-0.1, -0.05) is 17.7 Å². The fourth-order valence-electron chi connectivity index (χ4n) is 3.19. The van der Waals surface area contributed by atoms with Gasteiger partial charge in [0.15, 0.2) is 6.61 Å². The molecule has 1 aliphatic heterocycles. The monoisotopic (exact) mass is 470 g/mol. The molecule has 0 spiro atoms. The van der Waals surface area contributed by atoms with Crippen LogP contribution in [0.5, 0.6) is 5.75 Å². The first-order valence-electron chi connectivity index (χ1n) is 10.2. The summed E-state index contributed by atoms with van der Waals surface area (Å²) >= 11 is 6.17. The topological polar surface area (TPSA) is 121 Å². The van der Waals surface area contributed by atoms with Gasteiger partial charge in [-0.15, -0.1) is 0 Å². The minimum absolute atomic E-state index is 0.0763. The van der Waals surface area contributed by atoms with Gasteiger partial charge in [0, 0.05) is 48.4 Å². The Hall–Kier alpha value is -3.61. The lowest BCUT2D eigenvalue weighted by molar-refractivity contribution is -0.122. The van der Waals surface area contributed by atoms with Crippen LogP contribution in [0.3, 0.4) is 0 Å². The van der Waals surface area contributed by atoms with Crippen molar-refractivity contribution in [2.75, 3.05) is 40.0 Å². The van der Waals surface area contributed by atoms with Gasteiger partial charge in [0.2, 0.25) is 0 Å². The van der Waals surface area contributed by atoms with E-state index in [0.29, 0.717) is 48.7 Å². The standard InChI is InChI=1S/C23H23ClN4O5/c1-26-21(29)14-33-20-8-15(12-25)2-3-16(20)13-27-22(30)17-9-18(11-19(24)10-17)23(31)28-4-6-32-7-5-28/h2-3,8-11H,4-7,13-14H2,1H3,(H,26,29)(H,27,30). The van der Waals surface area contributed by atoms with Crippen LogP contribution in [0.1, 0.15) is 31.8 Å². The molecule has 1 aliphatic rings. The Balaban J connectivity index is 1.73. The summed E-state index contributed by atoms with van der Waals surface area (Å²) in [6.45, 7) is 1.73. The molecule has 172 valence electrons. The Morgan fingerprint density at radius 1 is 1.15 bits per heavy atom. The maximum atomic E-state index is 12.8. The maximum Gasteiger partial charge on any atom is 0.257 e. The average Bonchev–Trinajstić information content (AvgIpc) is 2.85. The second kappa shape index (κ2) is 11.3. The molecule has 1 heterocycles. The van der Waals surface area contributed by atoms with Crippen LogP contribution in [-0.4, -0.2) is 62.6 Å². The molecule has 3 rings (SSSR count). The number of halogens is 1. The molecule has 3 amide bonds. The lowest BCUT2D eigenvalue weighted by Gasteiger charge is -2.27. The van der Waals surface area contributed by atoms with Crippen molar-refractivity contribution in [2.45, 2.75) is 6.54 Å². The van der Waals surface area contributed by atoms with Gasteiger partial charge in [0.25, 0.3) is 17.7 Å². The molecule has 0 bridgehead atoms. The molecule has 33 heavy (non-hydrogen) atoms. The molecule has 0 atom stereocenters. The first-order chi connectivity index (χ1) is 15.9. The second-order valence-electron chi connectivity index (χ2n) is 7.21. The van der Waals surface area contributed by atoms with Gasteiger partial charge < -0.3 is 25.0 Å². The van der Waals surface area contributed by atoms with Crippen molar-refractivity contribution in [1.82, 2.24) is 15.5 Å². The van der Waals surface area contributed by atoms with Gasteiger partial charge in [-0.3, -0.25) is 14.4 Å². The number of hydrogen-bond acceptors (Lipinski definition) is 6. The van der Waals surface area contributed by atoms with E-state index in [2.05, 4.69) is 10.6 Å². The minimum Gasteiger partial charge on any atom is -0.483 e. The number of likely N-dealkylation sites (N-methyl/N-ethyl adjacent to an activating group) is 1. The fourth-order valence-corrected chi connectivity index (χ4v) is 3.43. The van der Waals surface area contributed by atoms with Crippen LogP contribution in [0.15, 0.2) is 36.4 Å². The van der Waals surface area contributed by atoms with E-state index in [0.717, 1.165) is 0 Å². The van der Waals surface area contributed by atoms with Crippen LogP contribution in [0.2, 0.25) is 5.02 Å². The van der Waals surface area contributed by atoms with Crippen LogP contribution in [0.4, 0.5) is 0 Å². The molecule has 1 fully saturated rings. The van der Waals surface area contributed by atoms with Gasteiger partial charge in [-0.05, 0) is 30.3 Å². The van der Waals surface area contributed by atoms with Crippen molar-refractivity contribution in [3.05, 3.63) is 63.7 Å². The number of benzene rings is 2.